The normalized spacial score (nSPS) is 21.4. The van der Waals surface area contributed by atoms with Gasteiger partial charge in [0.05, 0.1) is 13.0 Å². The van der Waals surface area contributed by atoms with Gasteiger partial charge in [-0.1, -0.05) is 6.92 Å². The lowest BCUT2D eigenvalue weighted by molar-refractivity contribution is -0.137. The number of piperazine rings is 1. The number of carbonyl (C=O) groups excluding carboxylic acids is 3. The zero-order valence-corrected chi connectivity index (χ0v) is 15.3. The fourth-order valence-corrected chi connectivity index (χ4v) is 3.36. The van der Waals surface area contributed by atoms with Gasteiger partial charge in [-0.25, -0.2) is 9.78 Å². The average Bonchev–Trinajstić information content (AvgIpc) is 3.14. The molecule has 2 saturated heterocycles. The second kappa shape index (κ2) is 7.86. The van der Waals surface area contributed by atoms with Crippen molar-refractivity contribution in [2.24, 2.45) is 7.05 Å². The van der Waals surface area contributed by atoms with Gasteiger partial charge < -0.3 is 14.8 Å². The van der Waals surface area contributed by atoms with Crippen LogP contribution >= 0.6 is 0 Å². The number of imidazole rings is 1. The molecule has 2 aliphatic rings. The molecule has 4 amide bonds. The molecule has 9 heteroatoms. The van der Waals surface area contributed by atoms with Crippen LogP contribution in [0.3, 0.4) is 0 Å². The molecule has 142 valence electrons. The summed E-state index contributed by atoms with van der Waals surface area (Å²) < 4.78 is 1.99. The third-order valence-electron chi connectivity index (χ3n) is 4.94. The van der Waals surface area contributed by atoms with E-state index in [2.05, 4.69) is 15.2 Å². The first kappa shape index (κ1) is 18.4. The lowest BCUT2D eigenvalue weighted by atomic mass is 10.1. The molecule has 1 atom stereocenters. The molecule has 1 aromatic rings. The van der Waals surface area contributed by atoms with E-state index >= 15 is 0 Å². The predicted octanol–water partition coefficient (Wildman–Crippen LogP) is -0.215. The van der Waals surface area contributed by atoms with Crippen LogP contribution in [0.15, 0.2) is 12.4 Å². The fourth-order valence-electron chi connectivity index (χ4n) is 3.36. The summed E-state index contributed by atoms with van der Waals surface area (Å²) in [5.74, 6) is 0.623. The van der Waals surface area contributed by atoms with Crippen LogP contribution in [0.5, 0.6) is 0 Å². The number of urea groups is 1. The standard InChI is InChI=1S/C17H26N6O3/c1-3-5-23-16(25)13(19-17(23)26)11-15(24)22-9-7-21(8-10-22)12-14-18-4-6-20(14)2/h4,6,13H,3,5,7-12H2,1-2H3,(H,19,26)/t13-/m0/s1. The second-order valence-electron chi connectivity index (χ2n) is 6.81. The number of amides is 4. The molecular weight excluding hydrogens is 336 g/mol. The molecule has 0 aromatic carbocycles. The molecule has 2 aliphatic heterocycles. The Bertz CT molecular complexity index is 680. The molecule has 0 saturated carbocycles. The minimum Gasteiger partial charge on any atom is -0.340 e. The Labute approximate surface area is 152 Å². The van der Waals surface area contributed by atoms with Gasteiger partial charge in [-0.3, -0.25) is 19.4 Å². The second-order valence-corrected chi connectivity index (χ2v) is 6.81. The molecule has 1 aromatic heterocycles. The zero-order chi connectivity index (χ0) is 18.7. The van der Waals surface area contributed by atoms with Crippen molar-refractivity contribution in [1.29, 1.82) is 0 Å². The van der Waals surface area contributed by atoms with E-state index in [1.54, 1.807) is 11.1 Å². The van der Waals surface area contributed by atoms with E-state index < -0.39 is 12.1 Å². The Hall–Kier alpha value is -2.42. The number of hydrogen-bond donors (Lipinski definition) is 1. The van der Waals surface area contributed by atoms with Gasteiger partial charge in [-0.05, 0) is 6.42 Å². The summed E-state index contributed by atoms with van der Waals surface area (Å²) in [5, 5.41) is 2.62. The van der Waals surface area contributed by atoms with Crippen LogP contribution < -0.4 is 5.32 Å². The lowest BCUT2D eigenvalue weighted by Crippen LogP contribution is -2.50. The van der Waals surface area contributed by atoms with Gasteiger partial charge in [0.1, 0.15) is 11.9 Å². The average molecular weight is 362 g/mol. The molecule has 0 aliphatic carbocycles. The Balaban J connectivity index is 1.47. The Morgan fingerprint density at radius 1 is 1.27 bits per heavy atom. The summed E-state index contributed by atoms with van der Waals surface area (Å²) in [6.07, 6.45) is 4.44. The first-order chi connectivity index (χ1) is 12.5. The molecule has 3 heterocycles. The minimum atomic E-state index is -0.729. The number of rotatable bonds is 6. The summed E-state index contributed by atoms with van der Waals surface area (Å²) in [6.45, 7) is 5.84. The van der Waals surface area contributed by atoms with E-state index in [1.807, 2.05) is 24.7 Å². The predicted molar refractivity (Wildman–Crippen MR) is 94.0 cm³/mol. The zero-order valence-electron chi connectivity index (χ0n) is 15.3. The van der Waals surface area contributed by atoms with Crippen molar-refractivity contribution < 1.29 is 14.4 Å². The number of carbonyl (C=O) groups is 3. The maximum Gasteiger partial charge on any atom is 0.324 e. The highest BCUT2D eigenvalue weighted by Crippen LogP contribution is 2.13. The molecular formula is C17H26N6O3. The quantitative estimate of drug-likeness (QED) is 0.707. The molecule has 3 rings (SSSR count). The summed E-state index contributed by atoms with van der Waals surface area (Å²) in [5.41, 5.74) is 0. The van der Waals surface area contributed by atoms with Crippen LogP contribution in [0.4, 0.5) is 4.79 Å². The topological polar surface area (TPSA) is 90.8 Å². The van der Waals surface area contributed by atoms with Crippen molar-refractivity contribution in [3.05, 3.63) is 18.2 Å². The molecule has 0 unspecified atom stereocenters. The molecule has 2 fully saturated rings. The van der Waals surface area contributed by atoms with Crippen LogP contribution in [0, 0.1) is 0 Å². The van der Waals surface area contributed by atoms with E-state index in [0.29, 0.717) is 26.1 Å². The number of nitrogens with zero attached hydrogens (tertiary/aromatic N) is 5. The molecule has 1 N–H and O–H groups in total. The smallest absolute Gasteiger partial charge is 0.324 e. The monoisotopic (exact) mass is 362 g/mol. The molecule has 26 heavy (non-hydrogen) atoms. The van der Waals surface area contributed by atoms with Crippen LogP contribution in [0.1, 0.15) is 25.6 Å². The van der Waals surface area contributed by atoms with E-state index in [0.717, 1.165) is 25.5 Å². The van der Waals surface area contributed by atoms with Crippen molar-refractivity contribution >= 4 is 17.8 Å². The summed E-state index contributed by atoms with van der Waals surface area (Å²) in [7, 11) is 1.97. The third kappa shape index (κ3) is 3.87. The highest BCUT2D eigenvalue weighted by Gasteiger charge is 2.39. The van der Waals surface area contributed by atoms with Crippen molar-refractivity contribution in [2.45, 2.75) is 32.4 Å². The van der Waals surface area contributed by atoms with Gasteiger partial charge in [-0.2, -0.15) is 0 Å². The van der Waals surface area contributed by atoms with E-state index in [9.17, 15) is 14.4 Å². The van der Waals surface area contributed by atoms with Gasteiger partial charge in [0, 0.05) is 52.2 Å². The van der Waals surface area contributed by atoms with Gasteiger partial charge >= 0.3 is 6.03 Å². The Morgan fingerprint density at radius 2 is 2.00 bits per heavy atom. The van der Waals surface area contributed by atoms with Crippen LogP contribution in [0.25, 0.3) is 0 Å². The largest absolute Gasteiger partial charge is 0.340 e. The highest BCUT2D eigenvalue weighted by molar-refractivity contribution is 6.05. The molecule has 9 nitrogen and oxygen atoms in total. The van der Waals surface area contributed by atoms with E-state index in [4.69, 9.17) is 0 Å². The SMILES string of the molecule is CCCN1C(=O)N[C@@H](CC(=O)N2CCN(Cc3nccn3C)CC2)C1=O. The van der Waals surface area contributed by atoms with Gasteiger partial charge in [0.15, 0.2) is 0 Å². The minimum absolute atomic E-state index is 0.0319. The Kier molecular flexibility index (Phi) is 5.55. The summed E-state index contributed by atoms with van der Waals surface area (Å²) in [6, 6.07) is -1.12. The van der Waals surface area contributed by atoms with Gasteiger partial charge in [-0.15, -0.1) is 0 Å². The molecule has 0 radical (unpaired) electrons. The first-order valence-electron chi connectivity index (χ1n) is 9.07. The van der Waals surface area contributed by atoms with Gasteiger partial charge in [0.2, 0.25) is 5.91 Å². The van der Waals surface area contributed by atoms with Crippen LogP contribution in [-0.2, 0) is 23.2 Å². The van der Waals surface area contributed by atoms with Gasteiger partial charge in [0.25, 0.3) is 5.91 Å². The maximum atomic E-state index is 12.5. The number of hydrogen-bond acceptors (Lipinski definition) is 5. The van der Waals surface area contributed by atoms with E-state index in [-0.39, 0.29) is 18.2 Å². The number of aryl methyl sites for hydroxylation is 1. The number of imide groups is 1. The fraction of sp³-hybridized carbons (Fsp3) is 0.647. The van der Waals surface area contributed by atoms with E-state index in [1.165, 1.54) is 4.90 Å². The summed E-state index contributed by atoms with van der Waals surface area (Å²) in [4.78, 5) is 46.1. The van der Waals surface area contributed by atoms with Crippen molar-refractivity contribution in [3.63, 3.8) is 0 Å². The van der Waals surface area contributed by atoms with Crippen molar-refractivity contribution in [3.8, 4) is 0 Å². The lowest BCUT2D eigenvalue weighted by Gasteiger charge is -2.34. The maximum absolute atomic E-state index is 12.5. The van der Waals surface area contributed by atoms with Crippen molar-refractivity contribution in [1.82, 2.24) is 29.6 Å². The van der Waals surface area contributed by atoms with Crippen molar-refractivity contribution in [2.75, 3.05) is 32.7 Å². The number of nitrogens with one attached hydrogen (secondary N) is 1. The summed E-state index contributed by atoms with van der Waals surface area (Å²) >= 11 is 0. The highest BCUT2D eigenvalue weighted by atomic mass is 16.2. The Morgan fingerprint density at radius 3 is 2.62 bits per heavy atom. The van der Waals surface area contributed by atoms with Crippen LogP contribution in [0.2, 0.25) is 0 Å². The third-order valence-corrected chi connectivity index (χ3v) is 4.94. The molecule has 0 bridgehead atoms. The first-order valence-corrected chi connectivity index (χ1v) is 9.07. The molecule has 0 spiro atoms. The van der Waals surface area contributed by atoms with Crippen LogP contribution in [-0.4, -0.2) is 80.9 Å². The number of aromatic nitrogens is 2.